The van der Waals surface area contributed by atoms with Crippen molar-refractivity contribution in [1.29, 1.82) is 0 Å². The molecule has 0 bridgehead atoms. The van der Waals surface area contributed by atoms with Crippen LogP contribution in [0.5, 0.6) is 0 Å². The van der Waals surface area contributed by atoms with Gasteiger partial charge in [0.25, 0.3) is 0 Å². The lowest BCUT2D eigenvalue weighted by Crippen LogP contribution is -2.20. The Balaban J connectivity index is 3.91. The summed E-state index contributed by atoms with van der Waals surface area (Å²) in [6.07, 6.45) is 9.75. The second kappa shape index (κ2) is 9.97. The first-order valence-corrected chi connectivity index (χ1v) is 4.25. The minimum Gasteiger partial charge on any atom is -0.316 e. The van der Waals surface area contributed by atoms with Crippen molar-refractivity contribution >= 4 is 34.6 Å². The Bertz CT molecular complexity index is 245. The topological polar surface area (TPSA) is 17.1 Å². The lowest BCUT2D eigenvalue weighted by atomic mass is 9.07. The first-order valence-electron chi connectivity index (χ1n) is 4.25. The third-order valence-corrected chi connectivity index (χ3v) is 1.32. The average molecular weight is 177 g/mol. The van der Waals surface area contributed by atoms with Crippen molar-refractivity contribution in [2.24, 2.45) is 0 Å². The second-order valence-electron chi connectivity index (χ2n) is 2.38. The highest BCUT2D eigenvalue weighted by atomic mass is 16.1. The first-order chi connectivity index (χ1) is 6.85. The van der Waals surface area contributed by atoms with Crippen molar-refractivity contribution in [3.8, 4) is 0 Å². The van der Waals surface area contributed by atoms with Gasteiger partial charge in [0, 0.05) is 14.1 Å². The molecule has 0 amide bonds. The quantitative estimate of drug-likeness (QED) is 0.229. The summed E-state index contributed by atoms with van der Waals surface area (Å²) in [6.45, 7) is 7.19. The van der Waals surface area contributed by atoms with E-state index in [1.807, 2.05) is 25.4 Å². The predicted molar refractivity (Wildman–Crippen MR) is 67.4 cm³/mol. The van der Waals surface area contributed by atoms with Crippen LogP contribution in [0.15, 0.2) is 49.0 Å². The summed E-state index contributed by atoms with van der Waals surface area (Å²) in [5.41, 5.74) is 0.996. The molecular formula is C9H10B4O. The number of allylic oxidation sites excluding steroid dienone is 6. The minimum atomic E-state index is 0.737. The van der Waals surface area contributed by atoms with Crippen molar-refractivity contribution in [1.82, 2.24) is 0 Å². The van der Waals surface area contributed by atoms with Gasteiger partial charge in [-0.1, -0.05) is 49.0 Å². The van der Waals surface area contributed by atoms with Crippen molar-refractivity contribution in [3.05, 3.63) is 49.0 Å². The van der Waals surface area contributed by atoms with Gasteiger partial charge in [-0.05, 0) is 0 Å². The van der Waals surface area contributed by atoms with Crippen LogP contribution >= 0.6 is 0 Å². The van der Waals surface area contributed by atoms with E-state index < -0.39 is 0 Å². The van der Waals surface area contributed by atoms with Crippen molar-refractivity contribution < 1.29 is 4.79 Å². The second-order valence-corrected chi connectivity index (χ2v) is 2.38. The third-order valence-electron chi connectivity index (χ3n) is 1.32. The summed E-state index contributed by atoms with van der Waals surface area (Å²) >= 11 is 0. The monoisotopic (exact) mass is 178 g/mol. The summed E-state index contributed by atoms with van der Waals surface area (Å²) in [5.74, 6) is 0. The minimum absolute atomic E-state index is 0.737. The molecule has 0 aromatic heterocycles. The smallest absolute Gasteiger partial charge is 0.141 e. The van der Waals surface area contributed by atoms with Crippen LogP contribution in [0.3, 0.4) is 0 Å². The Morgan fingerprint density at radius 1 is 1.14 bits per heavy atom. The lowest BCUT2D eigenvalue weighted by molar-refractivity contribution is 0.569. The van der Waals surface area contributed by atoms with E-state index in [1.165, 1.54) is 7.17 Å². The van der Waals surface area contributed by atoms with Gasteiger partial charge >= 0.3 is 0 Å². The fourth-order valence-electron chi connectivity index (χ4n) is 0.758. The van der Waals surface area contributed by atoms with E-state index >= 15 is 0 Å². The zero-order chi connectivity index (χ0) is 10.6. The third kappa shape index (κ3) is 7.53. The van der Waals surface area contributed by atoms with Gasteiger partial charge < -0.3 is 4.79 Å². The number of carbonyl (C=O) groups is 1. The van der Waals surface area contributed by atoms with Crippen LogP contribution < -0.4 is 0 Å². The van der Waals surface area contributed by atoms with Crippen molar-refractivity contribution in [2.45, 2.75) is 0 Å². The first kappa shape index (κ1) is 12.9. The number of hydrogen-bond donors (Lipinski definition) is 0. The van der Waals surface area contributed by atoms with E-state index in [4.69, 9.17) is 0 Å². The normalized spacial score (nSPS) is 10.4. The molecule has 0 N–H and O–H groups in total. The van der Waals surface area contributed by atoms with Crippen LogP contribution in [0.2, 0.25) is 0 Å². The molecule has 5 heteroatoms. The molecule has 0 unspecified atom stereocenters. The van der Waals surface area contributed by atoms with Crippen LogP contribution in [0.4, 0.5) is 0 Å². The molecule has 0 aliphatic rings. The summed E-state index contributed by atoms with van der Waals surface area (Å²) in [5, 5.41) is 0. The summed E-state index contributed by atoms with van der Waals surface area (Å²) < 4.78 is 0. The molecule has 0 rings (SSSR count). The fraction of sp³-hybridized carbons (Fsp3) is 0. The van der Waals surface area contributed by atoms with Crippen LogP contribution in [0.1, 0.15) is 0 Å². The van der Waals surface area contributed by atoms with Crippen LogP contribution in [-0.4, -0.2) is 34.6 Å². The Morgan fingerprint density at radius 2 is 1.93 bits per heavy atom. The summed E-state index contributed by atoms with van der Waals surface area (Å²) in [6, 6.07) is 0. The van der Waals surface area contributed by atoms with E-state index in [2.05, 4.69) is 13.2 Å². The van der Waals surface area contributed by atoms with Gasteiger partial charge in [-0.3, -0.25) is 0 Å². The van der Waals surface area contributed by atoms with Crippen molar-refractivity contribution in [3.63, 3.8) is 0 Å². The van der Waals surface area contributed by atoms with Crippen LogP contribution in [-0.2, 0) is 4.79 Å². The molecule has 0 saturated heterocycles. The largest absolute Gasteiger partial charge is 0.316 e. The van der Waals surface area contributed by atoms with Gasteiger partial charge in [-0.2, -0.15) is 0 Å². The maximum atomic E-state index is 9.97. The maximum absolute atomic E-state index is 9.97. The van der Waals surface area contributed by atoms with Gasteiger partial charge in [0.2, 0.25) is 0 Å². The van der Waals surface area contributed by atoms with Gasteiger partial charge in [-0.15, -0.1) is 0 Å². The molecule has 0 aliphatic carbocycles. The molecule has 0 aromatic carbocycles. The zero-order valence-corrected chi connectivity index (χ0v) is 8.10. The van der Waals surface area contributed by atoms with Gasteiger partial charge in [0.15, 0.2) is 0 Å². The number of carbonyl (C=O) groups excluding carboxylic acids is 1. The van der Waals surface area contributed by atoms with Crippen LogP contribution in [0.25, 0.3) is 0 Å². The van der Waals surface area contributed by atoms with Gasteiger partial charge in [-0.25, -0.2) is 0 Å². The summed E-state index contributed by atoms with van der Waals surface area (Å²) in [4.78, 5) is 9.97. The molecular weight excluding hydrogens is 167 g/mol. The maximum Gasteiger partial charge on any atom is 0.141 e. The van der Waals surface area contributed by atoms with E-state index in [-0.39, 0.29) is 0 Å². The number of hydrogen-bond acceptors (Lipinski definition) is 1. The molecule has 0 heterocycles. The van der Waals surface area contributed by atoms with Crippen LogP contribution in [0, 0.1) is 0 Å². The van der Waals surface area contributed by atoms with E-state index in [9.17, 15) is 4.79 Å². The Labute approximate surface area is 89.0 Å². The Hall–Kier alpha value is -1.11. The molecule has 0 aromatic rings. The molecule has 0 aliphatic heterocycles. The average Bonchev–Trinajstić information content (AvgIpc) is 2.20. The molecule has 64 valence electrons. The fourth-order valence-corrected chi connectivity index (χ4v) is 0.758. The SMILES string of the molecule is C=C/C=C\C([B][B][B][B]C=O)=C/C=C. The van der Waals surface area contributed by atoms with E-state index in [0.717, 1.165) is 11.7 Å². The molecule has 14 heavy (non-hydrogen) atoms. The molecule has 0 fully saturated rings. The number of rotatable bonds is 8. The highest BCUT2D eigenvalue weighted by Crippen LogP contribution is 1.94. The Morgan fingerprint density at radius 3 is 2.50 bits per heavy atom. The zero-order valence-electron chi connectivity index (χ0n) is 8.10. The van der Waals surface area contributed by atoms with Gasteiger partial charge in [0.05, 0.1) is 13.4 Å². The van der Waals surface area contributed by atoms with E-state index in [1.54, 1.807) is 26.3 Å². The van der Waals surface area contributed by atoms with Gasteiger partial charge in [0.1, 0.15) is 7.17 Å². The lowest BCUT2D eigenvalue weighted by Gasteiger charge is -1.96. The molecule has 0 atom stereocenters. The van der Waals surface area contributed by atoms with Crippen molar-refractivity contribution in [2.75, 3.05) is 0 Å². The molecule has 0 saturated carbocycles. The van der Waals surface area contributed by atoms with E-state index in [0.29, 0.717) is 0 Å². The Kier molecular flexibility index (Phi) is 9.18. The molecule has 1 nitrogen and oxygen atoms in total. The summed E-state index contributed by atoms with van der Waals surface area (Å²) in [7, 11) is 6.77. The predicted octanol–water partition coefficient (Wildman–Crippen LogP) is 0.550. The molecule has 0 spiro atoms. The standard InChI is InChI=1S/C9H10B4O/c1-3-5-7-9(6-4-2)11-13-12-10-8-14/h3-8H,1-2H2/b7-5-,9-6+. The molecule has 4 radical (unpaired) electrons. The highest BCUT2D eigenvalue weighted by molar-refractivity contribution is 7.48. The highest BCUT2D eigenvalue weighted by Gasteiger charge is 1.96.